The third kappa shape index (κ3) is 4.89. The van der Waals surface area contributed by atoms with Crippen LogP contribution in [0, 0.1) is 0 Å². The largest absolute Gasteiger partial charge is 0.370 e. The van der Waals surface area contributed by atoms with Gasteiger partial charge in [-0.15, -0.1) is 0 Å². The van der Waals surface area contributed by atoms with Crippen molar-refractivity contribution in [3.05, 3.63) is 90.3 Å². The molecule has 2 aromatic carbocycles. The first-order valence-electron chi connectivity index (χ1n) is 7.78. The van der Waals surface area contributed by atoms with Gasteiger partial charge in [0.2, 0.25) is 0 Å². The zero-order valence-corrected chi connectivity index (χ0v) is 14.3. The van der Waals surface area contributed by atoms with E-state index in [1.807, 2.05) is 30.3 Å². The fraction of sp³-hybridized carbons (Fsp3) is 0.105. The molecule has 128 valence electrons. The van der Waals surface area contributed by atoms with Crippen molar-refractivity contribution >= 4 is 15.7 Å². The lowest BCUT2D eigenvalue weighted by Gasteiger charge is -2.08. The van der Waals surface area contributed by atoms with Gasteiger partial charge < -0.3 is 4.74 Å². The molecule has 6 heteroatoms. The van der Waals surface area contributed by atoms with Gasteiger partial charge in [0.1, 0.15) is 0 Å². The fourth-order valence-corrected chi connectivity index (χ4v) is 3.30. The second-order valence-corrected chi connectivity index (χ2v) is 7.12. The van der Waals surface area contributed by atoms with Crippen molar-refractivity contribution in [2.24, 2.45) is 0 Å². The number of pyridine rings is 1. The highest BCUT2D eigenvalue weighted by Gasteiger charge is 2.13. The summed E-state index contributed by atoms with van der Waals surface area (Å²) < 4.78 is 32.6. The maximum atomic E-state index is 12.3. The van der Waals surface area contributed by atoms with Gasteiger partial charge in [-0.3, -0.25) is 9.71 Å². The summed E-state index contributed by atoms with van der Waals surface area (Å²) in [4.78, 5) is 4.45. The van der Waals surface area contributed by atoms with Crippen molar-refractivity contribution in [1.82, 2.24) is 4.98 Å². The van der Waals surface area contributed by atoms with Gasteiger partial charge in [0.15, 0.2) is 0 Å². The van der Waals surface area contributed by atoms with Crippen molar-refractivity contribution in [2.75, 3.05) is 4.72 Å². The molecule has 0 amide bonds. The Labute approximate surface area is 147 Å². The Hall–Kier alpha value is -2.70. The van der Waals surface area contributed by atoms with Crippen molar-refractivity contribution < 1.29 is 13.2 Å². The molecule has 0 aliphatic heterocycles. The molecule has 0 saturated carbocycles. The van der Waals surface area contributed by atoms with E-state index >= 15 is 0 Å². The number of ether oxygens (including phenoxy) is 1. The van der Waals surface area contributed by atoms with E-state index in [0.717, 1.165) is 11.3 Å². The second kappa shape index (κ2) is 7.92. The fourth-order valence-electron chi connectivity index (χ4n) is 2.23. The van der Waals surface area contributed by atoms with E-state index in [-0.39, 0.29) is 4.90 Å². The SMILES string of the molecule is O=S(=O)(Nc1ccc(COCc2ccccc2)nc1)c1ccccc1. The van der Waals surface area contributed by atoms with Gasteiger partial charge in [-0.2, -0.15) is 0 Å². The van der Waals surface area contributed by atoms with Crippen LogP contribution in [0.2, 0.25) is 0 Å². The second-order valence-electron chi connectivity index (χ2n) is 5.44. The van der Waals surface area contributed by atoms with Gasteiger partial charge in [-0.05, 0) is 29.8 Å². The molecule has 0 saturated heterocycles. The number of nitrogens with one attached hydrogen (secondary N) is 1. The summed E-state index contributed by atoms with van der Waals surface area (Å²) in [7, 11) is -3.60. The molecule has 1 N–H and O–H groups in total. The summed E-state index contributed by atoms with van der Waals surface area (Å²) in [5, 5.41) is 0. The number of benzene rings is 2. The van der Waals surface area contributed by atoms with Crippen LogP contribution in [-0.4, -0.2) is 13.4 Å². The summed E-state index contributed by atoms with van der Waals surface area (Å²) in [6, 6.07) is 21.5. The molecule has 3 aromatic rings. The molecule has 25 heavy (non-hydrogen) atoms. The summed E-state index contributed by atoms with van der Waals surface area (Å²) >= 11 is 0. The average Bonchev–Trinajstić information content (AvgIpc) is 2.65. The molecule has 0 aliphatic carbocycles. The van der Waals surface area contributed by atoms with Crippen molar-refractivity contribution in [3.8, 4) is 0 Å². The lowest BCUT2D eigenvalue weighted by atomic mass is 10.2. The van der Waals surface area contributed by atoms with Gasteiger partial charge in [0, 0.05) is 0 Å². The van der Waals surface area contributed by atoms with Gasteiger partial charge in [-0.1, -0.05) is 48.5 Å². The van der Waals surface area contributed by atoms with Crippen LogP contribution >= 0.6 is 0 Å². The van der Waals surface area contributed by atoms with Crippen LogP contribution in [0.4, 0.5) is 5.69 Å². The number of nitrogens with zero attached hydrogens (tertiary/aromatic N) is 1. The monoisotopic (exact) mass is 354 g/mol. The van der Waals surface area contributed by atoms with Crippen LogP contribution < -0.4 is 4.72 Å². The number of aromatic nitrogens is 1. The first-order valence-corrected chi connectivity index (χ1v) is 9.26. The molecule has 3 rings (SSSR count). The van der Waals surface area contributed by atoms with Gasteiger partial charge in [0.05, 0.1) is 35.7 Å². The molecule has 1 aromatic heterocycles. The van der Waals surface area contributed by atoms with Crippen LogP contribution in [0.1, 0.15) is 11.3 Å². The maximum absolute atomic E-state index is 12.3. The average molecular weight is 354 g/mol. The van der Waals surface area contributed by atoms with Crippen LogP contribution in [0.25, 0.3) is 0 Å². The van der Waals surface area contributed by atoms with Crippen LogP contribution in [0.5, 0.6) is 0 Å². The summed E-state index contributed by atoms with van der Waals surface area (Å²) in [6.45, 7) is 0.867. The minimum absolute atomic E-state index is 0.213. The first kappa shape index (κ1) is 17.1. The van der Waals surface area contributed by atoms with E-state index in [0.29, 0.717) is 18.9 Å². The molecule has 0 atom stereocenters. The quantitative estimate of drug-likeness (QED) is 0.704. The predicted molar refractivity (Wildman–Crippen MR) is 96.4 cm³/mol. The summed E-state index contributed by atoms with van der Waals surface area (Å²) in [5.41, 5.74) is 2.24. The first-order chi connectivity index (χ1) is 12.1. The smallest absolute Gasteiger partial charge is 0.261 e. The van der Waals surface area contributed by atoms with Crippen molar-refractivity contribution in [2.45, 2.75) is 18.1 Å². The number of hydrogen-bond acceptors (Lipinski definition) is 4. The lowest BCUT2D eigenvalue weighted by molar-refractivity contribution is 0.104. The van der Waals surface area contributed by atoms with E-state index in [1.165, 1.54) is 6.20 Å². The molecule has 0 unspecified atom stereocenters. The Morgan fingerprint density at radius 2 is 1.52 bits per heavy atom. The zero-order chi connectivity index (χ0) is 17.5. The minimum atomic E-state index is -3.60. The Bertz CT molecular complexity index is 896. The highest BCUT2D eigenvalue weighted by molar-refractivity contribution is 7.92. The summed E-state index contributed by atoms with van der Waals surface area (Å²) in [5.74, 6) is 0. The lowest BCUT2D eigenvalue weighted by Crippen LogP contribution is -2.13. The van der Waals surface area contributed by atoms with E-state index in [4.69, 9.17) is 4.74 Å². The molecule has 5 nitrogen and oxygen atoms in total. The molecular formula is C19H18N2O3S. The van der Waals surface area contributed by atoms with E-state index < -0.39 is 10.0 Å². The predicted octanol–water partition coefficient (Wildman–Crippen LogP) is 3.60. The van der Waals surface area contributed by atoms with Gasteiger partial charge >= 0.3 is 0 Å². The Balaban J connectivity index is 1.57. The Morgan fingerprint density at radius 1 is 0.840 bits per heavy atom. The van der Waals surface area contributed by atoms with Gasteiger partial charge in [-0.25, -0.2) is 8.42 Å². The Morgan fingerprint density at radius 3 is 2.16 bits per heavy atom. The number of rotatable bonds is 7. The standard InChI is InChI=1S/C19H18N2O3S/c22-25(23,19-9-5-2-6-10-19)21-17-11-12-18(20-13-17)15-24-14-16-7-3-1-4-8-16/h1-13,21H,14-15H2. The van der Waals surface area contributed by atoms with Crippen molar-refractivity contribution in [3.63, 3.8) is 0 Å². The third-order valence-electron chi connectivity index (χ3n) is 3.49. The molecular weight excluding hydrogens is 336 g/mol. The molecule has 0 aliphatic rings. The van der Waals surface area contributed by atoms with E-state index in [9.17, 15) is 8.42 Å². The molecule has 0 bridgehead atoms. The highest BCUT2D eigenvalue weighted by atomic mass is 32.2. The maximum Gasteiger partial charge on any atom is 0.261 e. The minimum Gasteiger partial charge on any atom is -0.370 e. The van der Waals surface area contributed by atoms with E-state index in [1.54, 1.807) is 42.5 Å². The van der Waals surface area contributed by atoms with Crippen LogP contribution in [0.15, 0.2) is 83.9 Å². The molecule has 0 fully saturated rings. The third-order valence-corrected chi connectivity index (χ3v) is 4.89. The topological polar surface area (TPSA) is 68.3 Å². The number of sulfonamides is 1. The van der Waals surface area contributed by atoms with Crippen LogP contribution in [0.3, 0.4) is 0 Å². The Kier molecular flexibility index (Phi) is 5.42. The highest BCUT2D eigenvalue weighted by Crippen LogP contribution is 2.15. The number of hydrogen-bond donors (Lipinski definition) is 1. The van der Waals surface area contributed by atoms with Crippen LogP contribution in [-0.2, 0) is 28.0 Å². The van der Waals surface area contributed by atoms with Crippen molar-refractivity contribution in [1.29, 1.82) is 0 Å². The summed E-state index contributed by atoms with van der Waals surface area (Å²) in [6.07, 6.45) is 1.49. The number of anilines is 1. The van der Waals surface area contributed by atoms with Gasteiger partial charge in [0.25, 0.3) is 10.0 Å². The van der Waals surface area contributed by atoms with E-state index in [2.05, 4.69) is 9.71 Å². The molecule has 1 heterocycles. The zero-order valence-electron chi connectivity index (χ0n) is 13.5. The molecule has 0 radical (unpaired) electrons. The normalized spacial score (nSPS) is 11.2. The molecule has 0 spiro atoms.